The number of methoxy groups -OCH3 is 1. The highest BCUT2D eigenvalue weighted by Crippen LogP contribution is 2.40. The maximum Gasteiger partial charge on any atom is 0.321 e. The van der Waals surface area contributed by atoms with Crippen molar-refractivity contribution < 1.29 is 9.53 Å². The highest BCUT2D eigenvalue weighted by atomic mass is 16.5. The van der Waals surface area contributed by atoms with Crippen LogP contribution < -0.4 is 10.1 Å². The number of nitrogens with zero attached hydrogens (tertiary/aromatic N) is 2. The predicted octanol–water partition coefficient (Wildman–Crippen LogP) is 4.51. The minimum Gasteiger partial charge on any atom is -0.497 e. The molecule has 2 amide bonds. The molecule has 0 unspecified atom stereocenters. The van der Waals surface area contributed by atoms with Crippen molar-refractivity contribution in [2.75, 3.05) is 32.1 Å². The Kier molecular flexibility index (Phi) is 5.81. The fraction of sp³-hybridized carbons (Fsp3) is 0.696. The van der Waals surface area contributed by atoms with Gasteiger partial charge in [0.2, 0.25) is 0 Å². The first-order valence-corrected chi connectivity index (χ1v) is 11.0. The second-order valence-corrected chi connectivity index (χ2v) is 9.02. The third kappa shape index (κ3) is 3.86. The molecule has 0 aliphatic carbocycles. The van der Waals surface area contributed by atoms with E-state index in [0.29, 0.717) is 17.9 Å². The van der Waals surface area contributed by atoms with Gasteiger partial charge in [0.15, 0.2) is 0 Å². The molecule has 4 rings (SSSR count). The summed E-state index contributed by atoms with van der Waals surface area (Å²) in [5, 5.41) is 3.14. The van der Waals surface area contributed by atoms with Crippen LogP contribution in [0.4, 0.5) is 10.5 Å². The first-order valence-electron chi connectivity index (χ1n) is 11.0. The number of hydrogen-bond donors (Lipinski definition) is 1. The predicted molar refractivity (Wildman–Crippen MR) is 113 cm³/mol. The molecule has 5 nitrogen and oxygen atoms in total. The minimum atomic E-state index is 0.0531. The van der Waals surface area contributed by atoms with Gasteiger partial charge in [-0.05, 0) is 68.2 Å². The van der Waals surface area contributed by atoms with Crippen LogP contribution in [0.3, 0.4) is 0 Å². The van der Waals surface area contributed by atoms with Crippen molar-refractivity contribution in [2.24, 2.45) is 11.8 Å². The topological polar surface area (TPSA) is 44.8 Å². The standard InChI is InChI=1S/C23H35N3O2/c1-4-6-19-7-5-8-22-18-12-17(14-26(19)22)13-25(15-18)23(27)24-21-10-9-20(28-3)11-16(21)2/h9-11,17-19,22H,4-8,12-15H2,1-3H3,(H,24,27)/t17-,18+,19-,22-/m0/s1. The largest absolute Gasteiger partial charge is 0.497 e. The molecular weight excluding hydrogens is 350 g/mol. The molecule has 3 saturated heterocycles. The van der Waals surface area contributed by atoms with E-state index in [9.17, 15) is 4.79 Å². The van der Waals surface area contributed by atoms with E-state index >= 15 is 0 Å². The lowest BCUT2D eigenvalue weighted by Crippen LogP contribution is -2.62. The summed E-state index contributed by atoms with van der Waals surface area (Å²) in [6.07, 6.45) is 7.93. The van der Waals surface area contributed by atoms with Gasteiger partial charge in [0.05, 0.1) is 7.11 Å². The SMILES string of the molecule is CCC[C@H]1CCC[C@H]2[C@@H]3C[C@@H](CN(C(=O)Nc4ccc(OC)cc4C)C3)CN12. The van der Waals surface area contributed by atoms with E-state index in [1.165, 1.54) is 45.1 Å². The summed E-state index contributed by atoms with van der Waals surface area (Å²) in [7, 11) is 1.67. The van der Waals surface area contributed by atoms with Gasteiger partial charge in [-0.1, -0.05) is 19.8 Å². The van der Waals surface area contributed by atoms with Crippen molar-refractivity contribution in [1.82, 2.24) is 9.80 Å². The van der Waals surface area contributed by atoms with Crippen LogP contribution in [0.25, 0.3) is 0 Å². The number of likely N-dealkylation sites (tertiary alicyclic amines) is 1. The Balaban J connectivity index is 1.42. The summed E-state index contributed by atoms with van der Waals surface area (Å²) >= 11 is 0. The third-order valence-electron chi connectivity index (χ3n) is 7.10. The van der Waals surface area contributed by atoms with Crippen LogP contribution in [-0.2, 0) is 0 Å². The highest BCUT2D eigenvalue weighted by Gasteiger charge is 2.45. The van der Waals surface area contributed by atoms with Gasteiger partial charge in [0.25, 0.3) is 0 Å². The Bertz CT molecular complexity index is 705. The molecule has 2 bridgehead atoms. The van der Waals surface area contributed by atoms with Gasteiger partial charge in [0.1, 0.15) is 5.75 Å². The van der Waals surface area contributed by atoms with Crippen LogP contribution in [-0.4, -0.2) is 54.7 Å². The second kappa shape index (κ2) is 8.32. The number of ether oxygens (including phenoxy) is 1. The summed E-state index contributed by atoms with van der Waals surface area (Å²) in [6.45, 7) is 7.28. The van der Waals surface area contributed by atoms with Gasteiger partial charge in [-0.25, -0.2) is 4.79 Å². The van der Waals surface area contributed by atoms with Crippen molar-refractivity contribution in [3.63, 3.8) is 0 Å². The van der Waals surface area contributed by atoms with E-state index in [-0.39, 0.29) is 6.03 Å². The Morgan fingerprint density at radius 1 is 1.25 bits per heavy atom. The number of piperidine rings is 3. The van der Waals surface area contributed by atoms with Gasteiger partial charge < -0.3 is 15.0 Å². The summed E-state index contributed by atoms with van der Waals surface area (Å²) < 4.78 is 5.27. The van der Waals surface area contributed by atoms with Crippen molar-refractivity contribution in [3.05, 3.63) is 23.8 Å². The van der Waals surface area contributed by atoms with Crippen molar-refractivity contribution in [1.29, 1.82) is 0 Å². The maximum absolute atomic E-state index is 13.0. The Morgan fingerprint density at radius 3 is 2.86 bits per heavy atom. The number of carbonyl (C=O) groups is 1. The zero-order valence-electron chi connectivity index (χ0n) is 17.6. The van der Waals surface area contributed by atoms with E-state index in [4.69, 9.17) is 4.74 Å². The van der Waals surface area contributed by atoms with Crippen LogP contribution in [0, 0.1) is 18.8 Å². The van der Waals surface area contributed by atoms with Crippen LogP contribution in [0.5, 0.6) is 5.75 Å². The number of nitrogens with one attached hydrogen (secondary N) is 1. The first-order chi connectivity index (χ1) is 13.6. The van der Waals surface area contributed by atoms with Gasteiger partial charge in [-0.15, -0.1) is 0 Å². The monoisotopic (exact) mass is 385 g/mol. The van der Waals surface area contributed by atoms with Gasteiger partial charge in [0, 0.05) is 37.4 Å². The third-order valence-corrected chi connectivity index (χ3v) is 7.10. The molecule has 0 radical (unpaired) electrons. The highest BCUT2D eigenvalue weighted by molar-refractivity contribution is 5.90. The molecule has 4 atom stereocenters. The molecule has 1 N–H and O–H groups in total. The Hall–Kier alpha value is -1.75. The lowest BCUT2D eigenvalue weighted by Gasteiger charge is -2.55. The van der Waals surface area contributed by atoms with E-state index in [1.54, 1.807) is 7.11 Å². The Labute approximate surface area is 169 Å². The van der Waals surface area contributed by atoms with Crippen LogP contribution in [0.1, 0.15) is 51.0 Å². The number of carbonyl (C=O) groups excluding carboxylic acids is 1. The van der Waals surface area contributed by atoms with Crippen molar-refractivity contribution in [3.8, 4) is 5.75 Å². The molecule has 3 heterocycles. The quantitative estimate of drug-likeness (QED) is 0.829. The number of amides is 2. The average Bonchev–Trinajstić information content (AvgIpc) is 2.70. The number of urea groups is 1. The van der Waals surface area contributed by atoms with Crippen molar-refractivity contribution >= 4 is 11.7 Å². The molecule has 28 heavy (non-hydrogen) atoms. The van der Waals surface area contributed by atoms with Gasteiger partial charge >= 0.3 is 6.03 Å². The number of rotatable bonds is 4. The number of benzene rings is 1. The van der Waals surface area contributed by atoms with E-state index in [1.807, 2.05) is 25.1 Å². The zero-order chi connectivity index (χ0) is 19.7. The molecule has 0 aromatic heterocycles. The molecule has 1 aromatic rings. The van der Waals surface area contributed by atoms with Crippen LogP contribution in [0.15, 0.2) is 18.2 Å². The Morgan fingerprint density at radius 2 is 2.11 bits per heavy atom. The maximum atomic E-state index is 13.0. The molecule has 0 saturated carbocycles. The van der Waals surface area contributed by atoms with E-state index in [2.05, 4.69) is 22.0 Å². The number of fused-ring (bicyclic) bond motifs is 4. The normalized spacial score (nSPS) is 29.9. The molecule has 0 spiro atoms. The summed E-state index contributed by atoms with van der Waals surface area (Å²) in [5.74, 6) is 2.08. The fourth-order valence-electron chi connectivity index (χ4n) is 5.82. The number of hydrogen-bond acceptors (Lipinski definition) is 3. The van der Waals surface area contributed by atoms with Crippen molar-refractivity contribution in [2.45, 2.75) is 64.5 Å². The summed E-state index contributed by atoms with van der Waals surface area (Å²) in [5.41, 5.74) is 1.91. The lowest BCUT2D eigenvalue weighted by atomic mass is 9.74. The second-order valence-electron chi connectivity index (χ2n) is 9.02. The smallest absolute Gasteiger partial charge is 0.321 e. The van der Waals surface area contributed by atoms with Crippen LogP contribution >= 0.6 is 0 Å². The zero-order valence-corrected chi connectivity index (χ0v) is 17.6. The minimum absolute atomic E-state index is 0.0531. The summed E-state index contributed by atoms with van der Waals surface area (Å²) in [4.78, 5) is 17.9. The summed E-state index contributed by atoms with van der Waals surface area (Å²) in [6, 6.07) is 7.32. The molecule has 3 aliphatic heterocycles. The molecule has 1 aromatic carbocycles. The van der Waals surface area contributed by atoms with Crippen LogP contribution in [0.2, 0.25) is 0 Å². The molecular formula is C23H35N3O2. The first kappa shape index (κ1) is 19.6. The number of anilines is 1. The van der Waals surface area contributed by atoms with E-state index < -0.39 is 0 Å². The van der Waals surface area contributed by atoms with Gasteiger partial charge in [-0.2, -0.15) is 0 Å². The average molecular weight is 386 g/mol. The molecule has 5 heteroatoms. The van der Waals surface area contributed by atoms with Gasteiger partial charge in [-0.3, -0.25) is 4.90 Å². The molecule has 154 valence electrons. The number of aryl methyl sites for hydroxylation is 1. The molecule has 3 aliphatic rings. The molecule has 3 fully saturated rings. The lowest BCUT2D eigenvalue weighted by molar-refractivity contribution is -0.0481. The van der Waals surface area contributed by atoms with E-state index in [0.717, 1.165) is 36.1 Å². The fourth-order valence-corrected chi connectivity index (χ4v) is 5.82.